The van der Waals surface area contributed by atoms with Gasteiger partial charge in [-0.25, -0.2) is 9.78 Å². The van der Waals surface area contributed by atoms with Crippen molar-refractivity contribution in [1.29, 1.82) is 0 Å². The number of ether oxygens (including phenoxy) is 1. The molecule has 1 aliphatic rings. The molecule has 1 unspecified atom stereocenters. The van der Waals surface area contributed by atoms with Gasteiger partial charge >= 0.3 is 5.97 Å². The number of nitrogens with zero attached hydrogens (tertiary/aromatic N) is 3. The second kappa shape index (κ2) is 6.29. The molecule has 1 saturated heterocycles. The van der Waals surface area contributed by atoms with Crippen molar-refractivity contribution < 1.29 is 14.3 Å². The molecule has 108 valence electrons. The molecule has 8 nitrogen and oxygen atoms in total. The number of nitrogens with one attached hydrogen (secondary N) is 2. The van der Waals surface area contributed by atoms with Gasteiger partial charge < -0.3 is 20.3 Å². The number of hydrogen-bond donors (Lipinski definition) is 2. The van der Waals surface area contributed by atoms with Gasteiger partial charge in [-0.05, 0) is 0 Å². The first-order valence-electron chi connectivity index (χ1n) is 6.26. The minimum Gasteiger partial charge on any atom is -0.464 e. The van der Waals surface area contributed by atoms with Crippen molar-refractivity contribution in [1.82, 2.24) is 20.6 Å². The van der Waals surface area contributed by atoms with E-state index < -0.39 is 5.97 Å². The highest BCUT2D eigenvalue weighted by Crippen LogP contribution is 2.15. The summed E-state index contributed by atoms with van der Waals surface area (Å²) in [6.07, 6.45) is 2.88. The van der Waals surface area contributed by atoms with E-state index in [4.69, 9.17) is 0 Å². The van der Waals surface area contributed by atoms with Crippen molar-refractivity contribution in [3.63, 3.8) is 0 Å². The maximum absolute atomic E-state index is 11.9. The van der Waals surface area contributed by atoms with Crippen molar-refractivity contribution >= 4 is 17.7 Å². The molecule has 1 fully saturated rings. The molecular formula is C12H17N5O3. The molecule has 1 aliphatic heterocycles. The molecule has 2 rings (SSSR count). The fourth-order valence-corrected chi connectivity index (χ4v) is 2.08. The smallest absolute Gasteiger partial charge is 0.358 e. The van der Waals surface area contributed by atoms with Gasteiger partial charge in [0.05, 0.1) is 19.5 Å². The average molecular weight is 279 g/mol. The second-order valence-corrected chi connectivity index (χ2v) is 4.28. The van der Waals surface area contributed by atoms with E-state index in [9.17, 15) is 9.59 Å². The van der Waals surface area contributed by atoms with Gasteiger partial charge in [0.1, 0.15) is 11.9 Å². The summed E-state index contributed by atoms with van der Waals surface area (Å²) in [5.74, 6) is -0.170. The Balaban J connectivity index is 2.28. The molecule has 1 amide bonds. The van der Waals surface area contributed by atoms with Crippen molar-refractivity contribution in [2.24, 2.45) is 0 Å². The van der Waals surface area contributed by atoms with Gasteiger partial charge in [-0.2, -0.15) is 0 Å². The minimum absolute atomic E-state index is 0.109. The van der Waals surface area contributed by atoms with Crippen molar-refractivity contribution in [3.05, 3.63) is 18.1 Å². The van der Waals surface area contributed by atoms with Crippen LogP contribution in [-0.2, 0) is 9.53 Å². The van der Waals surface area contributed by atoms with E-state index in [1.807, 2.05) is 4.90 Å². The summed E-state index contributed by atoms with van der Waals surface area (Å²) in [7, 11) is 2.88. The molecule has 8 heteroatoms. The van der Waals surface area contributed by atoms with E-state index in [1.54, 1.807) is 7.05 Å². The number of likely N-dealkylation sites (N-methyl/N-ethyl adjacent to an activating group) is 1. The van der Waals surface area contributed by atoms with E-state index >= 15 is 0 Å². The van der Waals surface area contributed by atoms with Crippen LogP contribution in [0.5, 0.6) is 0 Å². The SMILES string of the molecule is CNC(=O)C1CNCCN1c1cncc(C(=O)OC)n1. The zero-order valence-corrected chi connectivity index (χ0v) is 11.4. The number of anilines is 1. The molecule has 1 aromatic rings. The molecule has 1 aromatic heterocycles. The van der Waals surface area contributed by atoms with Gasteiger partial charge in [0.2, 0.25) is 5.91 Å². The number of methoxy groups -OCH3 is 1. The molecule has 0 radical (unpaired) electrons. The van der Waals surface area contributed by atoms with E-state index in [0.717, 1.165) is 6.54 Å². The Hall–Kier alpha value is -2.22. The predicted octanol–water partition coefficient (Wildman–Crippen LogP) is -1.21. The van der Waals surface area contributed by atoms with Gasteiger partial charge in [-0.15, -0.1) is 0 Å². The van der Waals surface area contributed by atoms with Crippen molar-refractivity contribution in [2.45, 2.75) is 6.04 Å². The van der Waals surface area contributed by atoms with Crippen LogP contribution in [0.4, 0.5) is 5.82 Å². The molecule has 0 aliphatic carbocycles. The Morgan fingerprint density at radius 1 is 1.50 bits per heavy atom. The molecule has 2 heterocycles. The summed E-state index contributed by atoms with van der Waals surface area (Å²) in [6, 6.07) is -0.379. The lowest BCUT2D eigenvalue weighted by molar-refractivity contribution is -0.122. The number of carbonyl (C=O) groups is 2. The van der Waals surface area contributed by atoms with E-state index in [0.29, 0.717) is 18.9 Å². The first kappa shape index (κ1) is 14.2. The first-order chi connectivity index (χ1) is 9.67. The van der Waals surface area contributed by atoms with Crippen LogP contribution in [0.1, 0.15) is 10.5 Å². The monoisotopic (exact) mass is 279 g/mol. The van der Waals surface area contributed by atoms with Crippen LogP contribution in [0, 0.1) is 0 Å². The van der Waals surface area contributed by atoms with Crippen LogP contribution in [0.25, 0.3) is 0 Å². The summed E-state index contributed by atoms with van der Waals surface area (Å²) in [6.45, 7) is 1.86. The largest absolute Gasteiger partial charge is 0.464 e. The quantitative estimate of drug-likeness (QED) is 0.670. The zero-order chi connectivity index (χ0) is 14.5. The Morgan fingerprint density at radius 2 is 2.30 bits per heavy atom. The van der Waals surface area contributed by atoms with Crippen molar-refractivity contribution in [2.75, 3.05) is 38.7 Å². The fraction of sp³-hybridized carbons (Fsp3) is 0.500. The third kappa shape index (κ3) is 2.85. The number of aromatic nitrogens is 2. The van der Waals surface area contributed by atoms with Gasteiger partial charge in [0, 0.05) is 26.7 Å². The number of esters is 1. The zero-order valence-electron chi connectivity index (χ0n) is 11.4. The highest BCUT2D eigenvalue weighted by atomic mass is 16.5. The summed E-state index contributed by atoms with van der Waals surface area (Å²) in [4.78, 5) is 33.4. The Kier molecular flexibility index (Phi) is 4.46. The lowest BCUT2D eigenvalue weighted by atomic mass is 10.2. The second-order valence-electron chi connectivity index (χ2n) is 4.28. The number of piperazine rings is 1. The maximum atomic E-state index is 11.9. The number of rotatable bonds is 3. The van der Waals surface area contributed by atoms with Gasteiger partial charge in [-0.3, -0.25) is 9.78 Å². The number of amides is 1. The fourth-order valence-electron chi connectivity index (χ4n) is 2.08. The van der Waals surface area contributed by atoms with Crippen LogP contribution in [0.15, 0.2) is 12.4 Å². The van der Waals surface area contributed by atoms with E-state index in [-0.39, 0.29) is 17.6 Å². The standard InChI is InChI=1S/C12H17N5O3/c1-13-11(18)9-6-14-3-4-17(9)10-7-15-5-8(16-10)12(19)20-2/h5,7,9,14H,3-4,6H2,1-2H3,(H,13,18). The topological polar surface area (TPSA) is 96.5 Å². The number of carbonyl (C=O) groups excluding carboxylic acids is 2. The molecule has 20 heavy (non-hydrogen) atoms. The Bertz CT molecular complexity index is 508. The van der Waals surface area contributed by atoms with Crippen LogP contribution >= 0.6 is 0 Å². The average Bonchev–Trinajstić information content (AvgIpc) is 2.53. The van der Waals surface area contributed by atoms with Gasteiger partial charge in [0.25, 0.3) is 0 Å². The highest BCUT2D eigenvalue weighted by Gasteiger charge is 2.29. The van der Waals surface area contributed by atoms with Gasteiger partial charge in [-0.1, -0.05) is 0 Å². The third-order valence-electron chi connectivity index (χ3n) is 3.10. The Morgan fingerprint density at radius 3 is 3.00 bits per heavy atom. The highest BCUT2D eigenvalue weighted by molar-refractivity contribution is 5.88. The summed E-state index contributed by atoms with van der Waals surface area (Å²) < 4.78 is 4.62. The van der Waals surface area contributed by atoms with Crippen LogP contribution in [0.2, 0.25) is 0 Å². The Labute approximate surface area is 116 Å². The third-order valence-corrected chi connectivity index (χ3v) is 3.10. The number of hydrogen-bond acceptors (Lipinski definition) is 7. The lowest BCUT2D eigenvalue weighted by Crippen LogP contribution is -2.58. The lowest BCUT2D eigenvalue weighted by Gasteiger charge is -2.35. The first-order valence-corrected chi connectivity index (χ1v) is 6.26. The molecule has 0 saturated carbocycles. The van der Waals surface area contributed by atoms with E-state index in [2.05, 4.69) is 25.3 Å². The van der Waals surface area contributed by atoms with Crippen molar-refractivity contribution in [3.8, 4) is 0 Å². The minimum atomic E-state index is -0.550. The molecule has 0 bridgehead atoms. The van der Waals surface area contributed by atoms with Crippen LogP contribution in [0.3, 0.4) is 0 Å². The molecule has 0 spiro atoms. The normalized spacial score (nSPS) is 18.5. The maximum Gasteiger partial charge on any atom is 0.358 e. The van der Waals surface area contributed by atoms with E-state index in [1.165, 1.54) is 19.5 Å². The molecular weight excluding hydrogens is 262 g/mol. The predicted molar refractivity (Wildman–Crippen MR) is 71.4 cm³/mol. The van der Waals surface area contributed by atoms with Crippen LogP contribution in [-0.4, -0.2) is 61.7 Å². The van der Waals surface area contributed by atoms with Crippen LogP contribution < -0.4 is 15.5 Å². The molecule has 1 atom stereocenters. The molecule has 2 N–H and O–H groups in total. The molecule has 0 aromatic carbocycles. The van der Waals surface area contributed by atoms with Gasteiger partial charge in [0.15, 0.2) is 5.69 Å². The summed E-state index contributed by atoms with van der Waals surface area (Å²) in [5, 5.41) is 5.78. The summed E-state index contributed by atoms with van der Waals surface area (Å²) >= 11 is 0. The summed E-state index contributed by atoms with van der Waals surface area (Å²) in [5.41, 5.74) is 0.124.